The second kappa shape index (κ2) is 11.3. The fourth-order valence-electron chi connectivity index (χ4n) is 3.88. The van der Waals surface area contributed by atoms with Gasteiger partial charge in [0, 0.05) is 18.8 Å². The van der Waals surface area contributed by atoms with Gasteiger partial charge in [-0.2, -0.15) is 0 Å². The molecule has 0 aliphatic heterocycles. The van der Waals surface area contributed by atoms with Crippen LogP contribution in [0.5, 0.6) is 11.5 Å². The van der Waals surface area contributed by atoms with E-state index < -0.39 is 5.97 Å². The van der Waals surface area contributed by atoms with Gasteiger partial charge >= 0.3 is 5.97 Å². The average molecular weight is 427 g/mol. The standard InChI is InChI=1S/C24H30N2O5/c1-3-26(20-10-5-4-6-11-20)23(27)17-31-24(28)18-12-13-21(29-2)22(15-18)30-16-19-9-7-8-14-25-19/h7-9,12-15,20H,3-6,10-11,16-17H2,1-2H3. The summed E-state index contributed by atoms with van der Waals surface area (Å²) in [5.74, 6) is 0.186. The molecule has 1 amide bonds. The van der Waals surface area contributed by atoms with Crippen LogP contribution in [-0.2, 0) is 16.1 Å². The number of hydrogen-bond acceptors (Lipinski definition) is 6. The van der Waals surface area contributed by atoms with Crippen molar-refractivity contribution >= 4 is 11.9 Å². The predicted molar refractivity (Wildman–Crippen MR) is 116 cm³/mol. The van der Waals surface area contributed by atoms with Crippen LogP contribution < -0.4 is 9.47 Å². The third-order valence-corrected chi connectivity index (χ3v) is 5.50. The zero-order valence-electron chi connectivity index (χ0n) is 18.2. The molecule has 0 unspecified atom stereocenters. The first kappa shape index (κ1) is 22.6. The Labute approximate surface area is 183 Å². The molecule has 7 nitrogen and oxygen atoms in total. The molecular formula is C24H30N2O5. The van der Waals surface area contributed by atoms with E-state index in [0.717, 1.165) is 31.4 Å². The Kier molecular flexibility index (Phi) is 8.27. The van der Waals surface area contributed by atoms with Crippen molar-refractivity contribution in [2.24, 2.45) is 0 Å². The molecule has 7 heteroatoms. The SMILES string of the molecule is CCN(C(=O)COC(=O)c1ccc(OC)c(OCc2ccccn2)c1)C1CCCCC1. The minimum absolute atomic E-state index is 0.150. The molecule has 0 N–H and O–H groups in total. The Morgan fingerprint density at radius 3 is 2.58 bits per heavy atom. The summed E-state index contributed by atoms with van der Waals surface area (Å²) in [5, 5.41) is 0. The normalized spacial score (nSPS) is 14.0. The maximum absolute atomic E-state index is 12.6. The summed E-state index contributed by atoms with van der Waals surface area (Å²) in [5.41, 5.74) is 1.05. The van der Waals surface area contributed by atoms with Gasteiger partial charge in [0.05, 0.1) is 18.4 Å². The number of benzene rings is 1. The van der Waals surface area contributed by atoms with E-state index in [4.69, 9.17) is 14.2 Å². The highest BCUT2D eigenvalue weighted by molar-refractivity contribution is 5.92. The average Bonchev–Trinajstić information content (AvgIpc) is 2.82. The van der Waals surface area contributed by atoms with Gasteiger partial charge in [-0.15, -0.1) is 0 Å². The van der Waals surface area contributed by atoms with Crippen LogP contribution in [0.15, 0.2) is 42.6 Å². The Balaban J connectivity index is 1.60. The van der Waals surface area contributed by atoms with Crippen LogP contribution in [0.25, 0.3) is 0 Å². The number of aromatic nitrogens is 1. The number of carbonyl (C=O) groups is 2. The number of rotatable bonds is 9. The Morgan fingerprint density at radius 1 is 1.10 bits per heavy atom. The number of esters is 1. The molecule has 0 atom stereocenters. The highest BCUT2D eigenvalue weighted by Gasteiger charge is 2.25. The van der Waals surface area contributed by atoms with Crippen molar-refractivity contribution < 1.29 is 23.8 Å². The van der Waals surface area contributed by atoms with Crippen molar-refractivity contribution in [2.45, 2.75) is 51.7 Å². The number of carbonyl (C=O) groups excluding carboxylic acids is 2. The summed E-state index contributed by atoms with van der Waals surface area (Å²) in [6, 6.07) is 10.6. The van der Waals surface area contributed by atoms with Crippen molar-refractivity contribution in [3.8, 4) is 11.5 Å². The van der Waals surface area contributed by atoms with Gasteiger partial charge in [0.1, 0.15) is 6.61 Å². The van der Waals surface area contributed by atoms with Crippen LogP contribution >= 0.6 is 0 Å². The molecule has 1 aliphatic carbocycles. The van der Waals surface area contributed by atoms with Gasteiger partial charge in [-0.1, -0.05) is 25.3 Å². The van der Waals surface area contributed by atoms with Gasteiger partial charge in [0.25, 0.3) is 5.91 Å². The third kappa shape index (κ3) is 6.20. The van der Waals surface area contributed by atoms with Gasteiger partial charge in [-0.05, 0) is 50.1 Å². The van der Waals surface area contributed by atoms with Crippen LogP contribution in [0.2, 0.25) is 0 Å². The van der Waals surface area contributed by atoms with Crippen molar-refractivity contribution in [3.05, 3.63) is 53.9 Å². The molecule has 31 heavy (non-hydrogen) atoms. The van der Waals surface area contributed by atoms with Crippen molar-refractivity contribution in [1.29, 1.82) is 0 Å². The highest BCUT2D eigenvalue weighted by atomic mass is 16.5. The summed E-state index contributed by atoms with van der Waals surface area (Å²) in [6.07, 6.45) is 7.22. The van der Waals surface area contributed by atoms with E-state index in [-0.39, 0.29) is 25.2 Å². The van der Waals surface area contributed by atoms with Crippen LogP contribution in [0, 0.1) is 0 Å². The second-order valence-corrected chi connectivity index (χ2v) is 7.52. The number of amides is 1. The van der Waals surface area contributed by atoms with Crippen LogP contribution in [0.3, 0.4) is 0 Å². The summed E-state index contributed by atoms with van der Waals surface area (Å²) in [4.78, 5) is 31.2. The molecule has 0 bridgehead atoms. The van der Waals surface area contributed by atoms with Gasteiger partial charge in [-0.3, -0.25) is 9.78 Å². The second-order valence-electron chi connectivity index (χ2n) is 7.52. The molecule has 166 valence electrons. The molecule has 1 aromatic carbocycles. The largest absolute Gasteiger partial charge is 0.493 e. The quantitative estimate of drug-likeness (QED) is 0.564. The topological polar surface area (TPSA) is 78.0 Å². The van der Waals surface area contributed by atoms with Crippen LogP contribution in [0.4, 0.5) is 0 Å². The number of ether oxygens (including phenoxy) is 3. The van der Waals surface area contributed by atoms with E-state index in [1.807, 2.05) is 30.0 Å². The molecule has 1 fully saturated rings. The van der Waals surface area contributed by atoms with E-state index in [1.54, 1.807) is 24.4 Å². The van der Waals surface area contributed by atoms with Gasteiger partial charge < -0.3 is 19.1 Å². The lowest BCUT2D eigenvalue weighted by Gasteiger charge is -2.33. The summed E-state index contributed by atoms with van der Waals surface area (Å²) < 4.78 is 16.4. The lowest BCUT2D eigenvalue weighted by atomic mass is 9.94. The van der Waals surface area contributed by atoms with E-state index in [0.29, 0.717) is 23.6 Å². The maximum Gasteiger partial charge on any atom is 0.338 e. The minimum Gasteiger partial charge on any atom is -0.493 e. The summed E-state index contributed by atoms with van der Waals surface area (Å²) in [6.45, 7) is 2.55. The molecule has 1 aromatic heterocycles. The van der Waals surface area contributed by atoms with E-state index in [9.17, 15) is 9.59 Å². The maximum atomic E-state index is 12.6. The first-order valence-corrected chi connectivity index (χ1v) is 10.8. The first-order valence-electron chi connectivity index (χ1n) is 10.8. The smallest absolute Gasteiger partial charge is 0.338 e. The molecule has 1 aliphatic rings. The van der Waals surface area contributed by atoms with E-state index in [1.165, 1.54) is 13.5 Å². The van der Waals surface area contributed by atoms with E-state index >= 15 is 0 Å². The van der Waals surface area contributed by atoms with Crippen molar-refractivity contribution in [1.82, 2.24) is 9.88 Å². The van der Waals surface area contributed by atoms with Crippen molar-refractivity contribution in [2.75, 3.05) is 20.3 Å². The van der Waals surface area contributed by atoms with Gasteiger partial charge in [-0.25, -0.2) is 4.79 Å². The molecule has 3 rings (SSSR count). The molecule has 0 saturated heterocycles. The lowest BCUT2D eigenvalue weighted by Crippen LogP contribution is -2.43. The van der Waals surface area contributed by atoms with Crippen LogP contribution in [-0.4, -0.2) is 48.1 Å². The zero-order chi connectivity index (χ0) is 22.1. The third-order valence-electron chi connectivity index (χ3n) is 5.50. The van der Waals surface area contributed by atoms with E-state index in [2.05, 4.69) is 4.98 Å². The molecule has 0 radical (unpaired) electrons. The summed E-state index contributed by atoms with van der Waals surface area (Å²) in [7, 11) is 1.53. The molecule has 1 heterocycles. The molecule has 2 aromatic rings. The highest BCUT2D eigenvalue weighted by Crippen LogP contribution is 2.29. The number of pyridine rings is 1. The Morgan fingerprint density at radius 2 is 1.90 bits per heavy atom. The van der Waals surface area contributed by atoms with Gasteiger partial charge in [0.15, 0.2) is 18.1 Å². The Hall–Kier alpha value is -3.09. The first-order chi connectivity index (χ1) is 15.1. The van der Waals surface area contributed by atoms with Crippen molar-refractivity contribution in [3.63, 3.8) is 0 Å². The summed E-state index contributed by atoms with van der Waals surface area (Å²) >= 11 is 0. The minimum atomic E-state index is -0.571. The Bertz CT molecular complexity index is 866. The molecule has 1 saturated carbocycles. The van der Waals surface area contributed by atoms with Crippen LogP contribution in [0.1, 0.15) is 55.1 Å². The zero-order valence-corrected chi connectivity index (χ0v) is 18.2. The van der Waals surface area contributed by atoms with Gasteiger partial charge in [0.2, 0.25) is 0 Å². The molecular weight excluding hydrogens is 396 g/mol. The number of likely N-dealkylation sites (N-methyl/N-ethyl adjacent to an activating group) is 1. The fourth-order valence-corrected chi connectivity index (χ4v) is 3.88. The number of nitrogens with zero attached hydrogens (tertiary/aromatic N) is 2. The fraction of sp³-hybridized carbons (Fsp3) is 0.458. The number of hydrogen-bond donors (Lipinski definition) is 0. The monoisotopic (exact) mass is 426 g/mol. The lowest BCUT2D eigenvalue weighted by molar-refractivity contribution is -0.137. The number of methoxy groups -OCH3 is 1. The predicted octanol–water partition coefficient (Wildman–Crippen LogP) is 4.01. The molecule has 0 spiro atoms.